The molecular weight excluding hydrogens is 410 g/mol. The van der Waals surface area contributed by atoms with Crippen molar-refractivity contribution in [3.05, 3.63) is 70.4 Å². The van der Waals surface area contributed by atoms with Crippen molar-refractivity contribution >= 4 is 17.2 Å². The topological polar surface area (TPSA) is 67.8 Å². The molecule has 1 amide bonds. The maximum Gasteiger partial charge on any atom is 0.224 e. The van der Waals surface area contributed by atoms with Gasteiger partial charge in [-0.3, -0.25) is 4.79 Å². The van der Waals surface area contributed by atoms with E-state index in [1.54, 1.807) is 23.5 Å². The zero-order valence-corrected chi connectivity index (χ0v) is 18.0. The van der Waals surface area contributed by atoms with Crippen molar-refractivity contribution in [1.29, 1.82) is 0 Å². The van der Waals surface area contributed by atoms with Crippen molar-refractivity contribution in [2.75, 3.05) is 13.2 Å². The second kappa shape index (κ2) is 8.36. The molecule has 0 saturated carbocycles. The molecule has 2 aliphatic heterocycles. The number of hydrogen-bond acceptors (Lipinski definition) is 5. The van der Waals surface area contributed by atoms with E-state index in [0.29, 0.717) is 19.6 Å². The molecule has 1 aromatic heterocycles. The number of hydrogen-bond donors (Lipinski definition) is 2. The Morgan fingerprint density at radius 1 is 1.13 bits per heavy atom. The molecule has 0 aliphatic carbocycles. The summed E-state index contributed by atoms with van der Waals surface area (Å²) < 4.78 is 12.1. The maximum absolute atomic E-state index is 12.9. The first-order valence-electron chi connectivity index (χ1n) is 10.6. The van der Waals surface area contributed by atoms with Gasteiger partial charge >= 0.3 is 0 Å². The Hall–Kier alpha value is -2.83. The van der Waals surface area contributed by atoms with Crippen LogP contribution in [-0.4, -0.2) is 29.8 Å². The summed E-state index contributed by atoms with van der Waals surface area (Å²) in [7, 11) is 0. The highest BCUT2D eigenvalue weighted by molar-refractivity contribution is 7.08. The van der Waals surface area contributed by atoms with E-state index in [-0.39, 0.29) is 23.3 Å². The fraction of sp³-hybridized carbons (Fsp3) is 0.320. The molecule has 2 N–H and O–H groups in total. The van der Waals surface area contributed by atoms with Crippen LogP contribution in [0, 0.1) is 0 Å². The van der Waals surface area contributed by atoms with Crippen LogP contribution in [0.2, 0.25) is 0 Å². The van der Waals surface area contributed by atoms with Crippen LogP contribution in [0.3, 0.4) is 0 Å². The van der Waals surface area contributed by atoms with E-state index in [1.807, 2.05) is 41.1 Å². The number of carbonyl (C=O) groups is 1. The van der Waals surface area contributed by atoms with E-state index in [0.717, 1.165) is 47.3 Å². The smallest absolute Gasteiger partial charge is 0.224 e. The minimum absolute atomic E-state index is 0.0150. The Balaban J connectivity index is 1.47. The number of thiophene rings is 1. The molecule has 5 rings (SSSR count). The van der Waals surface area contributed by atoms with Crippen LogP contribution in [0.15, 0.2) is 59.3 Å². The number of rotatable bonds is 4. The molecule has 31 heavy (non-hydrogen) atoms. The lowest BCUT2D eigenvalue weighted by molar-refractivity contribution is -0.122. The Bertz CT molecular complexity index is 1070. The molecule has 0 bridgehead atoms. The van der Waals surface area contributed by atoms with Crippen LogP contribution in [0.5, 0.6) is 11.5 Å². The minimum Gasteiger partial charge on any atom is -0.508 e. The molecule has 6 heteroatoms. The van der Waals surface area contributed by atoms with Gasteiger partial charge in [0.15, 0.2) is 0 Å². The highest BCUT2D eigenvalue weighted by Crippen LogP contribution is 2.45. The number of nitrogens with one attached hydrogen (secondary N) is 1. The summed E-state index contributed by atoms with van der Waals surface area (Å²) in [4.78, 5) is 12.9. The Labute approximate surface area is 185 Å². The maximum atomic E-state index is 12.9. The van der Waals surface area contributed by atoms with Crippen molar-refractivity contribution in [3.63, 3.8) is 0 Å². The number of benzene rings is 2. The zero-order valence-electron chi connectivity index (χ0n) is 17.2. The average Bonchev–Trinajstić information content (AvgIpc) is 3.27. The van der Waals surface area contributed by atoms with Crippen molar-refractivity contribution in [3.8, 4) is 22.6 Å². The standard InChI is InChI=1S/C25H25NO4S/c27-20-3-1-2-18(13-20)19-4-5-23-21(14-19)22(15-25(30-23)7-9-29-10-8-25)26-24(28)12-17-6-11-31-16-17/h1-6,11,13-14,16,22,27H,7-10,12,15H2,(H,26,28). The van der Waals surface area contributed by atoms with E-state index in [1.165, 1.54) is 0 Å². The van der Waals surface area contributed by atoms with E-state index in [2.05, 4.69) is 11.4 Å². The van der Waals surface area contributed by atoms with E-state index in [4.69, 9.17) is 9.47 Å². The number of aromatic hydroxyl groups is 1. The summed E-state index contributed by atoms with van der Waals surface area (Å²) >= 11 is 1.60. The molecule has 1 saturated heterocycles. The highest BCUT2D eigenvalue weighted by Gasteiger charge is 2.42. The molecule has 1 fully saturated rings. The molecule has 1 spiro atoms. The van der Waals surface area contributed by atoms with Crippen molar-refractivity contribution in [2.45, 2.75) is 37.3 Å². The van der Waals surface area contributed by atoms with Crippen LogP contribution in [0.25, 0.3) is 11.1 Å². The molecule has 160 valence electrons. The molecule has 2 aromatic carbocycles. The predicted octanol–water partition coefficient (Wildman–Crippen LogP) is 4.85. The molecule has 5 nitrogen and oxygen atoms in total. The largest absolute Gasteiger partial charge is 0.508 e. The second-order valence-corrected chi connectivity index (χ2v) is 9.11. The predicted molar refractivity (Wildman–Crippen MR) is 120 cm³/mol. The summed E-state index contributed by atoms with van der Waals surface area (Å²) in [5.74, 6) is 1.06. The first-order valence-corrected chi connectivity index (χ1v) is 11.6. The quantitative estimate of drug-likeness (QED) is 0.615. The Kier molecular flexibility index (Phi) is 5.42. The van der Waals surface area contributed by atoms with Gasteiger partial charge in [-0.15, -0.1) is 0 Å². The summed E-state index contributed by atoms with van der Waals surface area (Å²) in [5, 5.41) is 17.2. The van der Waals surface area contributed by atoms with Gasteiger partial charge in [0, 0.05) is 24.8 Å². The first kappa shape index (κ1) is 20.1. The van der Waals surface area contributed by atoms with Gasteiger partial charge in [0.25, 0.3) is 0 Å². The summed E-state index contributed by atoms with van der Waals surface area (Å²) in [6.07, 6.45) is 2.73. The van der Waals surface area contributed by atoms with Gasteiger partial charge < -0.3 is 19.9 Å². The number of fused-ring (bicyclic) bond motifs is 1. The van der Waals surface area contributed by atoms with E-state index >= 15 is 0 Å². The highest BCUT2D eigenvalue weighted by atomic mass is 32.1. The lowest BCUT2D eigenvalue weighted by Crippen LogP contribution is -2.48. The van der Waals surface area contributed by atoms with Gasteiger partial charge in [-0.05, 0) is 57.8 Å². The first-order chi connectivity index (χ1) is 15.1. The second-order valence-electron chi connectivity index (χ2n) is 8.33. The minimum atomic E-state index is -0.307. The Morgan fingerprint density at radius 3 is 2.74 bits per heavy atom. The summed E-state index contributed by atoms with van der Waals surface area (Å²) in [6, 6.07) is 15.1. The lowest BCUT2D eigenvalue weighted by Gasteiger charge is -2.44. The van der Waals surface area contributed by atoms with Gasteiger partial charge in [-0.2, -0.15) is 11.3 Å². The van der Waals surface area contributed by atoms with Gasteiger partial charge in [0.05, 0.1) is 25.7 Å². The molecule has 0 radical (unpaired) electrons. The molecule has 3 heterocycles. The van der Waals surface area contributed by atoms with Crippen molar-refractivity contribution in [2.24, 2.45) is 0 Å². The third-order valence-corrected chi connectivity index (χ3v) is 6.88. The lowest BCUT2D eigenvalue weighted by atomic mass is 9.81. The van der Waals surface area contributed by atoms with Crippen molar-refractivity contribution < 1.29 is 19.4 Å². The van der Waals surface area contributed by atoms with Crippen molar-refractivity contribution in [1.82, 2.24) is 5.32 Å². The number of amides is 1. The van der Waals surface area contributed by atoms with Crippen LogP contribution < -0.4 is 10.1 Å². The SMILES string of the molecule is O=C(Cc1ccsc1)NC1CC2(CCOCC2)Oc2ccc(-c3cccc(O)c3)cc21. The Morgan fingerprint density at radius 2 is 1.97 bits per heavy atom. The monoisotopic (exact) mass is 435 g/mol. The molecule has 3 aromatic rings. The normalized spacial score (nSPS) is 19.4. The van der Waals surface area contributed by atoms with Crippen LogP contribution in [-0.2, 0) is 16.0 Å². The molecule has 1 unspecified atom stereocenters. The van der Waals surface area contributed by atoms with Gasteiger partial charge in [0.1, 0.15) is 17.1 Å². The summed E-state index contributed by atoms with van der Waals surface area (Å²) in [6.45, 7) is 1.35. The number of carbonyl (C=O) groups excluding carboxylic acids is 1. The van der Waals surface area contributed by atoms with Crippen LogP contribution in [0.4, 0.5) is 0 Å². The average molecular weight is 436 g/mol. The number of phenolic OH excluding ortho intramolecular Hbond substituents is 1. The van der Waals surface area contributed by atoms with Crippen LogP contribution >= 0.6 is 11.3 Å². The van der Waals surface area contributed by atoms with Gasteiger partial charge in [0.2, 0.25) is 5.91 Å². The molecule has 2 aliphatic rings. The fourth-order valence-corrected chi connectivity index (χ4v) is 5.21. The van der Waals surface area contributed by atoms with E-state index in [9.17, 15) is 9.90 Å². The van der Waals surface area contributed by atoms with E-state index < -0.39 is 0 Å². The van der Waals surface area contributed by atoms with Gasteiger partial charge in [-0.25, -0.2) is 0 Å². The number of phenols is 1. The van der Waals surface area contributed by atoms with Crippen LogP contribution in [0.1, 0.15) is 36.4 Å². The molecular formula is C25H25NO4S. The summed E-state index contributed by atoms with van der Waals surface area (Å²) in [5.41, 5.74) is 3.62. The van der Waals surface area contributed by atoms with Gasteiger partial charge in [-0.1, -0.05) is 18.2 Å². The molecule has 1 atom stereocenters. The third-order valence-electron chi connectivity index (χ3n) is 6.15. The fourth-order valence-electron chi connectivity index (χ4n) is 4.54. The third kappa shape index (κ3) is 4.31. The number of ether oxygens (including phenoxy) is 2. The zero-order chi connectivity index (χ0) is 21.3.